The molecule has 0 aromatic carbocycles. The van der Waals surface area contributed by atoms with Gasteiger partial charge in [-0.3, -0.25) is 5.10 Å². The third kappa shape index (κ3) is 2.57. The largest absolute Gasteiger partial charge is 0.302 e. The van der Waals surface area contributed by atoms with Crippen LogP contribution in [0, 0.1) is 0 Å². The van der Waals surface area contributed by atoms with Crippen molar-refractivity contribution in [3.05, 3.63) is 36.4 Å². The zero-order chi connectivity index (χ0) is 10.5. The molecule has 0 bridgehead atoms. The molecule has 15 heavy (non-hydrogen) atoms. The topological polar surface area (TPSA) is 79.4 Å². The van der Waals surface area contributed by atoms with E-state index in [1.54, 1.807) is 6.20 Å². The molecule has 2 aromatic rings. The van der Waals surface area contributed by atoms with Crippen LogP contribution < -0.4 is 5.32 Å². The maximum absolute atomic E-state index is 4.11. The lowest BCUT2D eigenvalue weighted by molar-refractivity contribution is 0.542. The predicted molar refractivity (Wildman–Crippen MR) is 53.7 cm³/mol. The summed E-state index contributed by atoms with van der Waals surface area (Å²) in [5.41, 5.74) is 0.955. The molecular formula is C9H12N6. The van der Waals surface area contributed by atoms with Crippen LogP contribution in [-0.2, 0) is 6.54 Å². The van der Waals surface area contributed by atoms with Crippen molar-refractivity contribution >= 4 is 0 Å². The highest BCUT2D eigenvalue weighted by Gasteiger charge is 2.07. The van der Waals surface area contributed by atoms with Gasteiger partial charge in [-0.25, -0.2) is 15.0 Å². The molecule has 1 unspecified atom stereocenters. The highest BCUT2D eigenvalue weighted by atomic mass is 15.2. The van der Waals surface area contributed by atoms with Gasteiger partial charge in [0.05, 0.1) is 11.7 Å². The van der Waals surface area contributed by atoms with Crippen molar-refractivity contribution in [2.24, 2.45) is 0 Å². The fraction of sp³-hybridized carbons (Fsp3) is 0.333. The lowest BCUT2D eigenvalue weighted by atomic mass is 10.3. The van der Waals surface area contributed by atoms with Crippen molar-refractivity contribution in [3.8, 4) is 0 Å². The monoisotopic (exact) mass is 204 g/mol. The average molecular weight is 204 g/mol. The third-order valence-corrected chi connectivity index (χ3v) is 2.08. The van der Waals surface area contributed by atoms with Crippen LogP contribution >= 0.6 is 0 Å². The first-order valence-electron chi connectivity index (χ1n) is 4.70. The molecule has 78 valence electrons. The molecule has 2 N–H and O–H groups in total. The van der Waals surface area contributed by atoms with Gasteiger partial charge in [-0.1, -0.05) is 0 Å². The molecular weight excluding hydrogens is 192 g/mol. The molecule has 1 atom stereocenters. The quantitative estimate of drug-likeness (QED) is 0.755. The molecule has 0 saturated carbocycles. The van der Waals surface area contributed by atoms with E-state index in [1.807, 2.05) is 13.0 Å². The minimum atomic E-state index is 0.127. The standard InChI is InChI=1S/C9H12N6/c1-7(9-13-6-14-15-9)11-4-8-2-3-10-5-12-8/h2-3,5-7,11H,4H2,1H3,(H,13,14,15). The molecule has 0 saturated heterocycles. The highest BCUT2D eigenvalue weighted by molar-refractivity contribution is 4.98. The van der Waals surface area contributed by atoms with Crippen LogP contribution in [0.1, 0.15) is 24.5 Å². The summed E-state index contributed by atoms with van der Waals surface area (Å²) in [5.74, 6) is 0.823. The number of H-pyrrole nitrogens is 1. The highest BCUT2D eigenvalue weighted by Crippen LogP contribution is 2.04. The SMILES string of the molecule is CC(NCc1ccncn1)c1ncn[nH]1. The van der Waals surface area contributed by atoms with Gasteiger partial charge in [-0.05, 0) is 13.0 Å². The molecule has 2 heterocycles. The van der Waals surface area contributed by atoms with Crippen LogP contribution in [0.25, 0.3) is 0 Å². The molecule has 0 aliphatic heterocycles. The maximum atomic E-state index is 4.11. The number of nitrogens with zero attached hydrogens (tertiary/aromatic N) is 4. The van der Waals surface area contributed by atoms with E-state index in [9.17, 15) is 0 Å². The van der Waals surface area contributed by atoms with Gasteiger partial charge in [0.1, 0.15) is 18.5 Å². The van der Waals surface area contributed by atoms with E-state index < -0.39 is 0 Å². The second kappa shape index (κ2) is 4.61. The predicted octanol–water partition coefficient (Wildman–Crippen LogP) is 0.445. The summed E-state index contributed by atoms with van der Waals surface area (Å²) in [6, 6.07) is 2.00. The van der Waals surface area contributed by atoms with Gasteiger partial charge in [-0.15, -0.1) is 0 Å². The molecule has 0 aliphatic rings. The van der Waals surface area contributed by atoms with E-state index in [-0.39, 0.29) is 6.04 Å². The lowest BCUT2D eigenvalue weighted by Crippen LogP contribution is -2.19. The number of hydrogen-bond donors (Lipinski definition) is 2. The Labute approximate surface area is 87.2 Å². The fourth-order valence-electron chi connectivity index (χ4n) is 1.20. The first-order chi connectivity index (χ1) is 7.36. The Balaban J connectivity index is 1.89. The van der Waals surface area contributed by atoms with Crippen molar-refractivity contribution < 1.29 is 0 Å². The Morgan fingerprint density at radius 2 is 2.33 bits per heavy atom. The first-order valence-corrected chi connectivity index (χ1v) is 4.70. The summed E-state index contributed by atoms with van der Waals surface area (Å²) in [5, 5.41) is 9.89. The Morgan fingerprint density at radius 3 is 3.00 bits per heavy atom. The number of rotatable bonds is 4. The van der Waals surface area contributed by atoms with E-state index in [1.165, 1.54) is 12.7 Å². The van der Waals surface area contributed by atoms with Crippen molar-refractivity contribution in [3.63, 3.8) is 0 Å². The van der Waals surface area contributed by atoms with E-state index in [2.05, 4.69) is 30.5 Å². The van der Waals surface area contributed by atoms with Gasteiger partial charge >= 0.3 is 0 Å². The van der Waals surface area contributed by atoms with E-state index in [0.29, 0.717) is 6.54 Å². The van der Waals surface area contributed by atoms with Gasteiger partial charge < -0.3 is 5.32 Å². The van der Waals surface area contributed by atoms with Crippen LogP contribution in [0.5, 0.6) is 0 Å². The van der Waals surface area contributed by atoms with Gasteiger partial charge in [0.15, 0.2) is 0 Å². The van der Waals surface area contributed by atoms with Gasteiger partial charge in [0.25, 0.3) is 0 Å². The van der Waals surface area contributed by atoms with Crippen molar-refractivity contribution in [1.29, 1.82) is 0 Å². The molecule has 2 rings (SSSR count). The molecule has 0 aliphatic carbocycles. The third-order valence-electron chi connectivity index (χ3n) is 2.08. The maximum Gasteiger partial charge on any atom is 0.141 e. The molecule has 2 aromatic heterocycles. The molecule has 0 fully saturated rings. The summed E-state index contributed by atoms with van der Waals surface area (Å²) in [6.07, 6.45) is 4.76. The normalized spacial score (nSPS) is 12.6. The Hall–Kier alpha value is -1.82. The van der Waals surface area contributed by atoms with Crippen molar-refractivity contribution in [2.75, 3.05) is 0 Å². The van der Waals surface area contributed by atoms with E-state index in [4.69, 9.17) is 0 Å². The van der Waals surface area contributed by atoms with E-state index in [0.717, 1.165) is 11.5 Å². The number of nitrogens with one attached hydrogen (secondary N) is 2. The van der Waals surface area contributed by atoms with Crippen LogP contribution in [0.3, 0.4) is 0 Å². The van der Waals surface area contributed by atoms with Gasteiger partial charge in [-0.2, -0.15) is 5.10 Å². The zero-order valence-electron chi connectivity index (χ0n) is 8.38. The first kappa shape index (κ1) is 9.72. The van der Waals surface area contributed by atoms with Crippen LogP contribution in [-0.4, -0.2) is 25.1 Å². The number of aromatic nitrogens is 5. The van der Waals surface area contributed by atoms with Crippen molar-refractivity contribution in [2.45, 2.75) is 19.5 Å². The Morgan fingerprint density at radius 1 is 1.40 bits per heavy atom. The summed E-state index contributed by atoms with van der Waals surface area (Å²) in [4.78, 5) is 12.0. The smallest absolute Gasteiger partial charge is 0.141 e. The second-order valence-electron chi connectivity index (χ2n) is 3.17. The summed E-state index contributed by atoms with van der Waals surface area (Å²) in [7, 11) is 0. The summed E-state index contributed by atoms with van der Waals surface area (Å²) < 4.78 is 0. The minimum Gasteiger partial charge on any atom is -0.302 e. The summed E-state index contributed by atoms with van der Waals surface area (Å²) in [6.45, 7) is 2.70. The fourth-order valence-corrected chi connectivity index (χ4v) is 1.20. The lowest BCUT2D eigenvalue weighted by Gasteiger charge is -2.09. The van der Waals surface area contributed by atoms with Crippen LogP contribution in [0.15, 0.2) is 24.9 Å². The molecule has 6 heteroatoms. The molecule has 6 nitrogen and oxygen atoms in total. The Bertz CT molecular complexity index is 384. The van der Waals surface area contributed by atoms with Crippen LogP contribution in [0.2, 0.25) is 0 Å². The van der Waals surface area contributed by atoms with E-state index >= 15 is 0 Å². The van der Waals surface area contributed by atoms with Crippen molar-refractivity contribution in [1.82, 2.24) is 30.5 Å². The zero-order valence-corrected chi connectivity index (χ0v) is 8.38. The second-order valence-corrected chi connectivity index (χ2v) is 3.17. The molecule has 0 amide bonds. The Kier molecular flexibility index (Phi) is 2.99. The minimum absolute atomic E-state index is 0.127. The number of hydrogen-bond acceptors (Lipinski definition) is 5. The molecule has 0 radical (unpaired) electrons. The molecule has 0 spiro atoms. The summed E-state index contributed by atoms with van der Waals surface area (Å²) >= 11 is 0. The van der Waals surface area contributed by atoms with Crippen LogP contribution in [0.4, 0.5) is 0 Å². The van der Waals surface area contributed by atoms with Gasteiger partial charge in [0, 0.05) is 12.7 Å². The number of aromatic amines is 1. The van der Waals surface area contributed by atoms with Gasteiger partial charge in [0.2, 0.25) is 0 Å². The average Bonchev–Trinajstić information content (AvgIpc) is 2.81.